The second kappa shape index (κ2) is 11.4. The van der Waals surface area contributed by atoms with Gasteiger partial charge in [-0.25, -0.2) is 0 Å². The van der Waals surface area contributed by atoms with E-state index < -0.39 is 0 Å². The molecule has 10 aromatic carbocycles. The standard InChI is InChI=1S/C52H32/c1-2-14-33(15-3-1)35-29-28-34-16-12-25-46(49(34)32-35)51-41-21-8-10-23-43(41)52(44-24-11-9-22-42(44)51)48-31-30-47-39-20-7-5-18-37(39)36-17-4-6-19-38(36)40-26-13-27-45(48)50(40)47/h1-32H. The fraction of sp³-hybridized carbons (Fsp3) is 0. The third kappa shape index (κ3) is 4.22. The van der Waals surface area contributed by atoms with Crippen LogP contribution in [0.5, 0.6) is 0 Å². The molecule has 0 heterocycles. The van der Waals surface area contributed by atoms with E-state index in [4.69, 9.17) is 0 Å². The van der Waals surface area contributed by atoms with Crippen LogP contribution in [0.1, 0.15) is 0 Å². The smallest absolute Gasteiger partial charge is 0.00201 e. The van der Waals surface area contributed by atoms with E-state index in [2.05, 4.69) is 194 Å². The van der Waals surface area contributed by atoms with E-state index in [-0.39, 0.29) is 0 Å². The summed E-state index contributed by atoms with van der Waals surface area (Å²) in [6.45, 7) is 0. The molecule has 0 N–H and O–H groups in total. The monoisotopic (exact) mass is 656 g/mol. The fourth-order valence-electron chi connectivity index (χ4n) is 8.99. The Balaban J connectivity index is 1.24. The van der Waals surface area contributed by atoms with Crippen molar-refractivity contribution in [1.82, 2.24) is 0 Å². The van der Waals surface area contributed by atoms with Gasteiger partial charge in [0.2, 0.25) is 0 Å². The molecule has 0 saturated carbocycles. The van der Waals surface area contributed by atoms with E-state index in [1.165, 1.54) is 110 Å². The lowest BCUT2D eigenvalue weighted by atomic mass is 9.82. The molecule has 0 unspecified atom stereocenters. The Morgan fingerprint density at radius 1 is 0.212 bits per heavy atom. The molecule has 0 radical (unpaired) electrons. The fourth-order valence-corrected chi connectivity index (χ4v) is 8.99. The molecule has 0 bridgehead atoms. The summed E-state index contributed by atoms with van der Waals surface area (Å²) in [6.07, 6.45) is 0. The second-order valence-electron chi connectivity index (χ2n) is 13.9. The Labute approximate surface area is 302 Å². The highest BCUT2D eigenvalue weighted by molar-refractivity contribution is 6.27. The second-order valence-corrected chi connectivity index (χ2v) is 13.9. The molecule has 52 heavy (non-hydrogen) atoms. The highest BCUT2D eigenvalue weighted by Gasteiger charge is 2.24. The normalized spacial score (nSPS) is 11.8. The Morgan fingerprint density at radius 2 is 0.635 bits per heavy atom. The van der Waals surface area contributed by atoms with Crippen LogP contribution in [0.4, 0.5) is 0 Å². The van der Waals surface area contributed by atoms with E-state index in [0.29, 0.717) is 0 Å². The van der Waals surface area contributed by atoms with E-state index in [9.17, 15) is 0 Å². The van der Waals surface area contributed by atoms with Gasteiger partial charge in [-0.05, 0) is 116 Å². The van der Waals surface area contributed by atoms with Crippen LogP contribution in [0.25, 0.3) is 110 Å². The lowest BCUT2D eigenvalue weighted by Crippen LogP contribution is -1.93. The Bertz CT molecular complexity index is 2950. The van der Waals surface area contributed by atoms with Gasteiger partial charge in [-0.15, -0.1) is 0 Å². The lowest BCUT2D eigenvalue weighted by molar-refractivity contribution is 1.62. The molecule has 0 saturated heterocycles. The van der Waals surface area contributed by atoms with Crippen LogP contribution in [-0.2, 0) is 0 Å². The molecule has 240 valence electrons. The molecule has 0 spiro atoms. The molecular weight excluding hydrogens is 625 g/mol. The molecule has 0 atom stereocenters. The van der Waals surface area contributed by atoms with Crippen molar-refractivity contribution in [2.45, 2.75) is 0 Å². The van der Waals surface area contributed by atoms with E-state index in [0.717, 1.165) is 0 Å². The van der Waals surface area contributed by atoms with Crippen molar-refractivity contribution >= 4 is 43.1 Å². The number of rotatable bonds is 3. The first-order valence-electron chi connectivity index (χ1n) is 18.1. The van der Waals surface area contributed by atoms with Gasteiger partial charge >= 0.3 is 0 Å². The van der Waals surface area contributed by atoms with Gasteiger partial charge in [0.05, 0.1) is 0 Å². The zero-order valence-corrected chi connectivity index (χ0v) is 28.5. The molecule has 0 heteroatoms. The summed E-state index contributed by atoms with van der Waals surface area (Å²) in [5, 5.41) is 10.2. The molecule has 1 aliphatic carbocycles. The SMILES string of the molecule is c1ccc(-c2ccc3cccc(-c4c5ccccc5c(-c5ccc6c7c(cccc57)-c5ccccc5-c5ccccc5-6)c5ccccc45)c3c2)cc1. The number of hydrogen-bond donors (Lipinski definition) is 0. The summed E-state index contributed by atoms with van der Waals surface area (Å²) < 4.78 is 0. The van der Waals surface area contributed by atoms with E-state index >= 15 is 0 Å². The lowest BCUT2D eigenvalue weighted by Gasteiger charge is -2.21. The van der Waals surface area contributed by atoms with Gasteiger partial charge in [-0.2, -0.15) is 0 Å². The third-order valence-corrected chi connectivity index (χ3v) is 11.2. The average molecular weight is 657 g/mol. The highest BCUT2D eigenvalue weighted by atomic mass is 14.3. The van der Waals surface area contributed by atoms with Crippen LogP contribution in [0.2, 0.25) is 0 Å². The minimum atomic E-state index is 1.23. The summed E-state index contributed by atoms with van der Waals surface area (Å²) in [6, 6.07) is 71.9. The number of hydrogen-bond acceptors (Lipinski definition) is 0. The first-order chi connectivity index (χ1) is 25.8. The van der Waals surface area contributed by atoms with Crippen molar-refractivity contribution in [3.8, 4) is 66.8 Å². The summed E-state index contributed by atoms with van der Waals surface area (Å²) in [7, 11) is 0. The molecule has 11 rings (SSSR count). The zero-order valence-electron chi connectivity index (χ0n) is 28.5. The maximum Gasteiger partial charge on any atom is -0.00201 e. The van der Waals surface area contributed by atoms with Crippen molar-refractivity contribution in [2.75, 3.05) is 0 Å². The van der Waals surface area contributed by atoms with Crippen LogP contribution < -0.4 is 0 Å². The Hall–Kier alpha value is -6.76. The largest absolute Gasteiger partial charge is 0.0622 e. The zero-order chi connectivity index (χ0) is 34.2. The van der Waals surface area contributed by atoms with Crippen molar-refractivity contribution in [1.29, 1.82) is 0 Å². The topological polar surface area (TPSA) is 0 Å². The summed E-state index contributed by atoms with van der Waals surface area (Å²) in [4.78, 5) is 0. The quantitative estimate of drug-likeness (QED) is 0.166. The van der Waals surface area contributed by atoms with Crippen LogP contribution in [0.3, 0.4) is 0 Å². The van der Waals surface area contributed by atoms with Gasteiger partial charge in [-0.3, -0.25) is 0 Å². The molecule has 0 nitrogen and oxygen atoms in total. The molecule has 0 fully saturated rings. The number of benzene rings is 10. The van der Waals surface area contributed by atoms with Crippen molar-refractivity contribution in [3.05, 3.63) is 194 Å². The van der Waals surface area contributed by atoms with Gasteiger partial charge in [0.1, 0.15) is 0 Å². The van der Waals surface area contributed by atoms with Gasteiger partial charge in [0, 0.05) is 0 Å². The Kier molecular flexibility index (Phi) is 6.35. The summed E-state index contributed by atoms with van der Waals surface area (Å²) in [5.41, 5.74) is 15.3. The number of fused-ring (bicyclic) bond motifs is 8. The third-order valence-electron chi connectivity index (χ3n) is 11.2. The molecule has 0 amide bonds. The van der Waals surface area contributed by atoms with Crippen LogP contribution >= 0.6 is 0 Å². The van der Waals surface area contributed by atoms with Gasteiger partial charge in [-0.1, -0.05) is 188 Å². The van der Waals surface area contributed by atoms with Crippen LogP contribution in [0.15, 0.2) is 194 Å². The van der Waals surface area contributed by atoms with Crippen LogP contribution in [0, 0.1) is 0 Å². The maximum atomic E-state index is 2.38. The predicted molar refractivity (Wildman–Crippen MR) is 223 cm³/mol. The Morgan fingerprint density at radius 3 is 1.25 bits per heavy atom. The van der Waals surface area contributed by atoms with E-state index in [1.54, 1.807) is 0 Å². The first-order valence-corrected chi connectivity index (χ1v) is 18.1. The van der Waals surface area contributed by atoms with Crippen molar-refractivity contribution in [3.63, 3.8) is 0 Å². The molecular formula is C52H32. The minimum absolute atomic E-state index is 1.23. The van der Waals surface area contributed by atoms with E-state index in [1.807, 2.05) is 0 Å². The predicted octanol–water partition coefficient (Wildman–Crippen LogP) is 14.6. The van der Waals surface area contributed by atoms with Crippen molar-refractivity contribution in [2.24, 2.45) is 0 Å². The average Bonchev–Trinajstić information content (AvgIpc) is 3.34. The molecule has 0 aliphatic heterocycles. The maximum absolute atomic E-state index is 2.38. The van der Waals surface area contributed by atoms with Crippen LogP contribution in [-0.4, -0.2) is 0 Å². The molecule has 0 aromatic heterocycles. The molecule has 10 aromatic rings. The molecule has 1 aliphatic rings. The van der Waals surface area contributed by atoms with Gasteiger partial charge < -0.3 is 0 Å². The van der Waals surface area contributed by atoms with Crippen molar-refractivity contribution < 1.29 is 0 Å². The minimum Gasteiger partial charge on any atom is -0.0622 e. The highest BCUT2D eigenvalue weighted by Crippen LogP contribution is 2.52. The summed E-state index contributed by atoms with van der Waals surface area (Å²) >= 11 is 0. The first kappa shape index (κ1) is 29.0. The van der Waals surface area contributed by atoms with Gasteiger partial charge in [0.15, 0.2) is 0 Å². The summed E-state index contributed by atoms with van der Waals surface area (Å²) in [5.74, 6) is 0. The van der Waals surface area contributed by atoms with Gasteiger partial charge in [0.25, 0.3) is 0 Å².